The average molecular weight is 466 g/mol. The molecule has 1 atom stereocenters. The number of methoxy groups -OCH3 is 1. The third-order valence-corrected chi connectivity index (χ3v) is 6.07. The number of aromatic nitrogens is 2. The molecule has 0 radical (unpaired) electrons. The number of nitrogens with zero attached hydrogens (tertiary/aromatic N) is 1. The van der Waals surface area contributed by atoms with Gasteiger partial charge < -0.3 is 24.0 Å². The average Bonchev–Trinajstić information content (AvgIpc) is 2.87. The Morgan fingerprint density at radius 1 is 1.00 bits per heavy atom. The van der Waals surface area contributed by atoms with Gasteiger partial charge >= 0.3 is 5.63 Å². The van der Waals surface area contributed by atoms with Gasteiger partial charge in [-0.1, -0.05) is 36.4 Å². The van der Waals surface area contributed by atoms with Crippen LogP contribution in [-0.4, -0.2) is 22.2 Å². The van der Waals surface area contributed by atoms with E-state index in [4.69, 9.17) is 13.9 Å². The van der Waals surface area contributed by atoms with Crippen LogP contribution in [0.3, 0.4) is 0 Å². The van der Waals surface area contributed by atoms with Gasteiger partial charge in [0.15, 0.2) is 5.82 Å². The summed E-state index contributed by atoms with van der Waals surface area (Å²) >= 11 is 0. The minimum absolute atomic E-state index is 0.0147. The van der Waals surface area contributed by atoms with E-state index >= 15 is 0 Å². The smallest absolute Gasteiger partial charge is 0.347 e. The van der Waals surface area contributed by atoms with Crippen LogP contribution in [0.1, 0.15) is 22.6 Å². The molecule has 0 bridgehead atoms. The number of H-pyrrole nitrogens is 1. The van der Waals surface area contributed by atoms with Crippen molar-refractivity contribution in [2.45, 2.75) is 5.92 Å². The third kappa shape index (κ3) is 3.43. The fourth-order valence-corrected chi connectivity index (χ4v) is 4.40. The Kier molecular flexibility index (Phi) is 4.67. The van der Waals surface area contributed by atoms with Crippen LogP contribution < -0.4 is 20.7 Å². The van der Waals surface area contributed by atoms with Crippen molar-refractivity contribution in [2.75, 3.05) is 7.11 Å². The van der Waals surface area contributed by atoms with Crippen molar-refractivity contribution in [3.63, 3.8) is 0 Å². The van der Waals surface area contributed by atoms with Crippen LogP contribution in [0.5, 0.6) is 23.1 Å². The van der Waals surface area contributed by atoms with Gasteiger partial charge in [0.2, 0.25) is 5.88 Å². The summed E-state index contributed by atoms with van der Waals surface area (Å²) in [6.45, 7) is 0. The first kappa shape index (κ1) is 20.7. The fraction of sp³-hybridized carbons (Fsp3) is 0.0741. The summed E-state index contributed by atoms with van der Waals surface area (Å²) in [5.74, 6) is 0.630. The Balaban J connectivity index is 1.56. The van der Waals surface area contributed by atoms with Gasteiger partial charge in [-0.05, 0) is 35.9 Å². The summed E-state index contributed by atoms with van der Waals surface area (Å²) in [4.78, 5) is 33.4. The molecule has 172 valence electrons. The number of aromatic hydroxyl groups is 1. The largest absolute Gasteiger partial charge is 0.508 e. The molecule has 5 aromatic rings. The number of benzene rings is 3. The maximum Gasteiger partial charge on any atom is 0.347 e. The van der Waals surface area contributed by atoms with Crippen LogP contribution in [0.4, 0.5) is 0 Å². The number of rotatable bonds is 3. The quantitative estimate of drug-likeness (QED) is 0.368. The van der Waals surface area contributed by atoms with E-state index in [1.54, 1.807) is 55.6 Å². The van der Waals surface area contributed by atoms with Crippen LogP contribution in [0.2, 0.25) is 0 Å². The second-order valence-corrected chi connectivity index (χ2v) is 8.15. The molecular formula is C27H18N2O6. The molecule has 3 aromatic carbocycles. The Morgan fingerprint density at radius 3 is 2.60 bits per heavy atom. The number of aromatic amines is 1. The van der Waals surface area contributed by atoms with Gasteiger partial charge in [0.05, 0.1) is 12.7 Å². The number of nitrogens with one attached hydrogen (secondary N) is 1. The van der Waals surface area contributed by atoms with Gasteiger partial charge in [0, 0.05) is 22.9 Å². The van der Waals surface area contributed by atoms with Gasteiger partial charge in [0.1, 0.15) is 28.4 Å². The number of para-hydroxylation sites is 1. The molecule has 0 fully saturated rings. The second kappa shape index (κ2) is 7.88. The van der Waals surface area contributed by atoms with E-state index in [0.29, 0.717) is 33.6 Å². The molecule has 0 aliphatic carbocycles. The molecule has 3 heterocycles. The monoisotopic (exact) mass is 466 g/mol. The molecule has 8 heteroatoms. The summed E-state index contributed by atoms with van der Waals surface area (Å²) in [5, 5.41) is 10.7. The van der Waals surface area contributed by atoms with E-state index in [-0.39, 0.29) is 23.0 Å². The van der Waals surface area contributed by atoms with E-state index in [9.17, 15) is 14.7 Å². The fourth-order valence-electron chi connectivity index (χ4n) is 4.40. The van der Waals surface area contributed by atoms with Crippen LogP contribution >= 0.6 is 0 Å². The van der Waals surface area contributed by atoms with Crippen molar-refractivity contribution in [1.29, 1.82) is 0 Å². The summed E-state index contributed by atoms with van der Waals surface area (Å²) in [7, 11) is 1.58. The zero-order valence-electron chi connectivity index (χ0n) is 18.4. The Bertz CT molecular complexity index is 1720. The standard InChI is InChI=1S/C27H18N2O6/c1-33-17-9-6-14(7-10-17)22-18-11-8-16(30)13-21(18)34-26-23(22)25(31)28-24(29-26)19-12-15-4-2-3-5-20(15)35-27(19)32/h2-13,22,30H,1H3,(H,28,29,31). The highest BCUT2D eigenvalue weighted by atomic mass is 16.5. The zero-order chi connectivity index (χ0) is 24.1. The molecule has 0 amide bonds. The predicted octanol–water partition coefficient (Wildman–Crippen LogP) is 4.54. The number of phenolic OH excluding ortho intramolecular Hbond substituents is 1. The van der Waals surface area contributed by atoms with Crippen molar-refractivity contribution in [1.82, 2.24) is 9.97 Å². The minimum atomic E-state index is -0.632. The lowest BCUT2D eigenvalue weighted by atomic mass is 9.84. The molecule has 2 aromatic heterocycles. The number of hydrogen-bond donors (Lipinski definition) is 2. The molecule has 6 rings (SSSR count). The summed E-state index contributed by atoms with van der Waals surface area (Å²) in [5.41, 5.74) is 1.27. The lowest BCUT2D eigenvalue weighted by Crippen LogP contribution is -2.25. The van der Waals surface area contributed by atoms with E-state index in [0.717, 1.165) is 5.56 Å². The highest BCUT2D eigenvalue weighted by molar-refractivity contribution is 5.80. The van der Waals surface area contributed by atoms with E-state index in [2.05, 4.69) is 9.97 Å². The molecule has 1 unspecified atom stereocenters. The molecular weight excluding hydrogens is 448 g/mol. The minimum Gasteiger partial charge on any atom is -0.508 e. The number of phenols is 1. The topological polar surface area (TPSA) is 115 Å². The van der Waals surface area contributed by atoms with Crippen molar-refractivity contribution >= 4 is 11.0 Å². The van der Waals surface area contributed by atoms with Crippen molar-refractivity contribution in [2.24, 2.45) is 0 Å². The number of ether oxygens (including phenoxy) is 2. The Hall–Kier alpha value is -4.85. The van der Waals surface area contributed by atoms with Gasteiger partial charge in [-0.25, -0.2) is 4.79 Å². The molecule has 8 nitrogen and oxygen atoms in total. The van der Waals surface area contributed by atoms with Gasteiger partial charge in [-0.2, -0.15) is 4.98 Å². The van der Waals surface area contributed by atoms with E-state index < -0.39 is 17.1 Å². The molecule has 0 saturated carbocycles. The van der Waals surface area contributed by atoms with E-state index in [1.807, 2.05) is 18.2 Å². The third-order valence-electron chi connectivity index (χ3n) is 6.07. The Morgan fingerprint density at radius 2 is 1.80 bits per heavy atom. The molecule has 35 heavy (non-hydrogen) atoms. The van der Waals surface area contributed by atoms with Crippen LogP contribution in [0, 0.1) is 0 Å². The zero-order valence-corrected chi connectivity index (χ0v) is 18.4. The van der Waals surface area contributed by atoms with Crippen molar-refractivity contribution < 1.29 is 19.0 Å². The van der Waals surface area contributed by atoms with Crippen LogP contribution in [0.25, 0.3) is 22.4 Å². The lowest BCUT2D eigenvalue weighted by Gasteiger charge is -2.27. The van der Waals surface area contributed by atoms with Crippen molar-refractivity contribution in [3.05, 3.63) is 110 Å². The molecule has 1 aliphatic rings. The Labute approximate surface area is 198 Å². The molecule has 0 spiro atoms. The number of hydrogen-bond acceptors (Lipinski definition) is 7. The SMILES string of the molecule is COc1ccc(C2c3ccc(O)cc3Oc3nc(-c4cc5ccccc5oc4=O)[nH]c(=O)c32)cc1. The maximum absolute atomic E-state index is 13.4. The summed E-state index contributed by atoms with van der Waals surface area (Å²) < 4.78 is 16.7. The van der Waals surface area contributed by atoms with Crippen LogP contribution in [-0.2, 0) is 0 Å². The maximum atomic E-state index is 13.4. The lowest BCUT2D eigenvalue weighted by molar-refractivity contribution is 0.414. The highest BCUT2D eigenvalue weighted by Crippen LogP contribution is 2.46. The first-order chi connectivity index (χ1) is 17.0. The molecule has 2 N–H and O–H groups in total. The van der Waals surface area contributed by atoms with Crippen LogP contribution in [0.15, 0.2) is 86.8 Å². The summed E-state index contributed by atoms with van der Waals surface area (Å²) in [6.07, 6.45) is 0. The number of fused-ring (bicyclic) bond motifs is 3. The second-order valence-electron chi connectivity index (χ2n) is 8.15. The predicted molar refractivity (Wildman–Crippen MR) is 128 cm³/mol. The first-order valence-electron chi connectivity index (χ1n) is 10.8. The molecule has 1 aliphatic heterocycles. The molecule has 0 saturated heterocycles. The van der Waals surface area contributed by atoms with Gasteiger partial charge in [-0.15, -0.1) is 0 Å². The van der Waals surface area contributed by atoms with Gasteiger partial charge in [-0.3, -0.25) is 4.79 Å². The van der Waals surface area contributed by atoms with Crippen molar-refractivity contribution in [3.8, 4) is 34.5 Å². The highest BCUT2D eigenvalue weighted by Gasteiger charge is 2.33. The van der Waals surface area contributed by atoms with Gasteiger partial charge in [0.25, 0.3) is 5.56 Å². The first-order valence-corrected chi connectivity index (χ1v) is 10.8. The summed E-state index contributed by atoms with van der Waals surface area (Å²) in [6, 6.07) is 20.8. The van der Waals surface area contributed by atoms with E-state index in [1.165, 1.54) is 6.07 Å². The normalized spacial score (nSPS) is 14.1.